The predicted octanol–water partition coefficient (Wildman–Crippen LogP) is 1.20. The third kappa shape index (κ3) is 9.67. The van der Waals surface area contributed by atoms with Crippen molar-refractivity contribution in [2.75, 3.05) is 24.6 Å². The number of hydrogen-bond acceptors (Lipinski definition) is 4. The summed E-state index contributed by atoms with van der Waals surface area (Å²) >= 11 is 1.72. The van der Waals surface area contributed by atoms with Crippen LogP contribution in [0.1, 0.15) is 20.8 Å². The van der Waals surface area contributed by atoms with Gasteiger partial charge < -0.3 is 15.8 Å². The van der Waals surface area contributed by atoms with Crippen molar-refractivity contribution in [1.82, 2.24) is 5.32 Å². The summed E-state index contributed by atoms with van der Waals surface area (Å²) in [6.45, 7) is 6.83. The van der Waals surface area contributed by atoms with Gasteiger partial charge in [-0.2, -0.15) is 11.8 Å². The minimum atomic E-state index is -0.422. The summed E-state index contributed by atoms with van der Waals surface area (Å²) < 4.78 is 5.06. The summed E-state index contributed by atoms with van der Waals surface area (Å²) in [6, 6.07) is 0. The minimum absolute atomic E-state index is 0.356. The van der Waals surface area contributed by atoms with E-state index in [1.54, 1.807) is 11.8 Å². The molecule has 0 aromatic heterocycles. The van der Waals surface area contributed by atoms with Crippen molar-refractivity contribution in [2.24, 2.45) is 5.73 Å². The number of alkyl carbamates (subject to hydrolysis) is 1. The Morgan fingerprint density at radius 3 is 2.57 bits per heavy atom. The smallest absolute Gasteiger partial charge is 0.407 e. The van der Waals surface area contributed by atoms with Crippen molar-refractivity contribution >= 4 is 17.9 Å². The molecule has 0 aliphatic heterocycles. The van der Waals surface area contributed by atoms with E-state index < -0.39 is 5.60 Å². The first kappa shape index (κ1) is 13.6. The Morgan fingerprint density at radius 2 is 2.07 bits per heavy atom. The van der Waals surface area contributed by atoms with E-state index in [1.807, 2.05) is 20.8 Å². The van der Waals surface area contributed by atoms with Crippen molar-refractivity contribution in [2.45, 2.75) is 26.4 Å². The van der Waals surface area contributed by atoms with E-state index in [-0.39, 0.29) is 6.09 Å². The molecule has 3 N–H and O–H groups in total. The molecule has 0 saturated heterocycles. The molecule has 0 heterocycles. The van der Waals surface area contributed by atoms with Crippen molar-refractivity contribution in [3.05, 3.63) is 0 Å². The first-order valence-corrected chi connectivity index (χ1v) is 5.86. The van der Waals surface area contributed by atoms with Crippen LogP contribution in [0, 0.1) is 0 Å². The number of ether oxygens (including phenoxy) is 1. The number of thioether (sulfide) groups is 1. The highest BCUT2D eigenvalue weighted by molar-refractivity contribution is 7.99. The average molecular weight is 220 g/mol. The number of carbonyl (C=O) groups excluding carboxylic acids is 1. The van der Waals surface area contributed by atoms with Gasteiger partial charge >= 0.3 is 6.09 Å². The predicted molar refractivity (Wildman–Crippen MR) is 60.6 cm³/mol. The number of carbonyl (C=O) groups is 1. The SMILES string of the molecule is CC(C)(C)OC(=O)NCCSCCN. The summed E-state index contributed by atoms with van der Waals surface area (Å²) in [4.78, 5) is 11.1. The number of amides is 1. The Kier molecular flexibility index (Phi) is 6.74. The van der Waals surface area contributed by atoms with Crippen molar-refractivity contribution in [1.29, 1.82) is 0 Å². The van der Waals surface area contributed by atoms with E-state index in [2.05, 4.69) is 5.32 Å². The van der Waals surface area contributed by atoms with Crippen LogP contribution in [-0.4, -0.2) is 36.3 Å². The van der Waals surface area contributed by atoms with Crippen molar-refractivity contribution in [3.8, 4) is 0 Å². The maximum atomic E-state index is 11.1. The summed E-state index contributed by atoms with van der Waals surface area (Å²) in [7, 11) is 0. The zero-order valence-corrected chi connectivity index (χ0v) is 9.95. The lowest BCUT2D eigenvalue weighted by atomic mass is 10.2. The van der Waals surface area contributed by atoms with Gasteiger partial charge in [-0.25, -0.2) is 4.79 Å². The van der Waals surface area contributed by atoms with Gasteiger partial charge in [-0.05, 0) is 20.8 Å². The number of nitrogens with two attached hydrogens (primary N) is 1. The third-order valence-corrected chi connectivity index (χ3v) is 2.19. The van der Waals surface area contributed by atoms with Crippen LogP contribution < -0.4 is 11.1 Å². The van der Waals surface area contributed by atoms with Gasteiger partial charge in [-0.1, -0.05) is 0 Å². The standard InChI is InChI=1S/C9H20N2O2S/c1-9(2,3)13-8(12)11-5-7-14-6-4-10/h4-7,10H2,1-3H3,(H,11,12). The molecule has 84 valence electrons. The Labute approximate surface area is 89.9 Å². The van der Waals surface area contributed by atoms with E-state index in [0.29, 0.717) is 13.1 Å². The summed E-state index contributed by atoms with van der Waals surface area (Å²) in [5.41, 5.74) is 4.90. The zero-order chi connectivity index (χ0) is 11.0. The molecule has 0 aliphatic rings. The molecule has 0 aliphatic carbocycles. The first-order chi connectivity index (χ1) is 6.45. The van der Waals surface area contributed by atoms with E-state index >= 15 is 0 Å². The Balaban J connectivity index is 3.36. The Hall–Kier alpha value is -0.420. The molecule has 0 unspecified atom stereocenters. The van der Waals surface area contributed by atoms with Gasteiger partial charge in [0, 0.05) is 24.6 Å². The third-order valence-electron chi connectivity index (χ3n) is 1.18. The largest absolute Gasteiger partial charge is 0.444 e. The second-order valence-corrected chi connectivity index (χ2v) is 5.05. The molecule has 0 rings (SSSR count). The molecule has 5 heteroatoms. The molecular formula is C9H20N2O2S. The first-order valence-electron chi connectivity index (χ1n) is 4.70. The maximum absolute atomic E-state index is 11.1. The van der Waals surface area contributed by atoms with E-state index in [9.17, 15) is 4.79 Å². The van der Waals surface area contributed by atoms with E-state index in [0.717, 1.165) is 11.5 Å². The Morgan fingerprint density at radius 1 is 1.43 bits per heavy atom. The highest BCUT2D eigenvalue weighted by atomic mass is 32.2. The van der Waals surface area contributed by atoms with Gasteiger partial charge in [0.2, 0.25) is 0 Å². The molecule has 4 nitrogen and oxygen atoms in total. The Bertz CT molecular complexity index is 169. The van der Waals surface area contributed by atoms with Gasteiger partial charge in [-0.15, -0.1) is 0 Å². The lowest BCUT2D eigenvalue weighted by molar-refractivity contribution is 0.0531. The molecule has 0 fully saturated rings. The monoisotopic (exact) mass is 220 g/mol. The quantitative estimate of drug-likeness (QED) is 0.683. The molecule has 0 aromatic carbocycles. The van der Waals surface area contributed by atoms with Crippen LogP contribution in [0.2, 0.25) is 0 Å². The average Bonchev–Trinajstić information content (AvgIpc) is 2.00. The van der Waals surface area contributed by atoms with Crippen LogP contribution in [0.4, 0.5) is 4.79 Å². The van der Waals surface area contributed by atoms with Crippen LogP contribution in [-0.2, 0) is 4.74 Å². The lowest BCUT2D eigenvalue weighted by Crippen LogP contribution is -2.33. The summed E-state index contributed by atoms with van der Waals surface area (Å²) in [5.74, 6) is 1.80. The van der Waals surface area contributed by atoms with Crippen LogP contribution >= 0.6 is 11.8 Å². The molecule has 0 spiro atoms. The van der Waals surface area contributed by atoms with Crippen LogP contribution in [0.5, 0.6) is 0 Å². The van der Waals surface area contributed by atoms with Crippen LogP contribution in [0.3, 0.4) is 0 Å². The minimum Gasteiger partial charge on any atom is -0.444 e. The number of nitrogens with one attached hydrogen (secondary N) is 1. The lowest BCUT2D eigenvalue weighted by Gasteiger charge is -2.19. The molecule has 1 amide bonds. The van der Waals surface area contributed by atoms with Crippen LogP contribution in [0.25, 0.3) is 0 Å². The molecule has 0 aromatic rings. The van der Waals surface area contributed by atoms with Gasteiger partial charge in [0.15, 0.2) is 0 Å². The highest BCUT2D eigenvalue weighted by Crippen LogP contribution is 2.06. The number of hydrogen-bond donors (Lipinski definition) is 2. The normalized spacial score (nSPS) is 11.1. The zero-order valence-electron chi connectivity index (χ0n) is 9.13. The summed E-state index contributed by atoms with van der Waals surface area (Å²) in [5, 5.41) is 2.68. The second-order valence-electron chi connectivity index (χ2n) is 3.83. The van der Waals surface area contributed by atoms with Gasteiger partial charge in [0.25, 0.3) is 0 Å². The van der Waals surface area contributed by atoms with Gasteiger partial charge in [0.1, 0.15) is 5.60 Å². The molecular weight excluding hydrogens is 200 g/mol. The molecule has 0 radical (unpaired) electrons. The number of rotatable bonds is 5. The molecule has 0 bridgehead atoms. The highest BCUT2D eigenvalue weighted by Gasteiger charge is 2.15. The van der Waals surface area contributed by atoms with Crippen molar-refractivity contribution in [3.63, 3.8) is 0 Å². The molecule has 14 heavy (non-hydrogen) atoms. The molecule has 0 saturated carbocycles. The van der Waals surface area contributed by atoms with Gasteiger partial charge in [-0.3, -0.25) is 0 Å². The fraction of sp³-hybridized carbons (Fsp3) is 0.889. The van der Waals surface area contributed by atoms with Gasteiger partial charge in [0.05, 0.1) is 0 Å². The van der Waals surface area contributed by atoms with Crippen LogP contribution in [0.15, 0.2) is 0 Å². The second kappa shape index (κ2) is 6.95. The van der Waals surface area contributed by atoms with E-state index in [4.69, 9.17) is 10.5 Å². The van der Waals surface area contributed by atoms with E-state index in [1.165, 1.54) is 0 Å². The molecule has 0 atom stereocenters. The van der Waals surface area contributed by atoms with Crippen molar-refractivity contribution < 1.29 is 9.53 Å². The fourth-order valence-electron chi connectivity index (χ4n) is 0.725. The maximum Gasteiger partial charge on any atom is 0.407 e. The fourth-order valence-corrected chi connectivity index (χ4v) is 1.34. The topological polar surface area (TPSA) is 64.3 Å². The summed E-state index contributed by atoms with van der Waals surface area (Å²) in [6.07, 6.45) is -0.356.